The van der Waals surface area contributed by atoms with Crippen LogP contribution in [0.1, 0.15) is 26.2 Å². The zero-order valence-corrected chi connectivity index (χ0v) is 15.3. The number of anilines is 1. The summed E-state index contributed by atoms with van der Waals surface area (Å²) in [6.07, 6.45) is 6.93. The summed E-state index contributed by atoms with van der Waals surface area (Å²) in [4.78, 5) is 25.6. The highest BCUT2D eigenvalue weighted by Crippen LogP contribution is 2.33. The molecule has 1 atom stereocenters. The number of rotatable bonds is 3. The number of amides is 1. The van der Waals surface area contributed by atoms with Gasteiger partial charge in [0, 0.05) is 38.6 Å². The Labute approximate surface area is 154 Å². The fourth-order valence-corrected chi connectivity index (χ4v) is 4.24. The Balaban J connectivity index is 1.31. The molecule has 1 aromatic heterocycles. The second-order valence-electron chi connectivity index (χ2n) is 7.26. The van der Waals surface area contributed by atoms with Crippen molar-refractivity contribution in [3.8, 4) is 0 Å². The van der Waals surface area contributed by atoms with Crippen LogP contribution in [0.4, 0.5) is 5.95 Å². The van der Waals surface area contributed by atoms with Gasteiger partial charge in [-0.1, -0.05) is 0 Å². The van der Waals surface area contributed by atoms with Crippen molar-refractivity contribution in [2.45, 2.75) is 26.2 Å². The number of carbonyl (C=O) groups is 1. The highest BCUT2D eigenvalue weighted by Gasteiger charge is 2.36. The van der Waals surface area contributed by atoms with Crippen LogP contribution in [0, 0.1) is 11.8 Å². The van der Waals surface area contributed by atoms with E-state index >= 15 is 0 Å². The van der Waals surface area contributed by atoms with Crippen LogP contribution in [0.5, 0.6) is 0 Å². The Morgan fingerprint density at radius 2 is 1.73 bits per heavy atom. The fourth-order valence-electron chi connectivity index (χ4n) is 4.24. The van der Waals surface area contributed by atoms with Crippen molar-refractivity contribution in [2.24, 2.45) is 11.8 Å². The van der Waals surface area contributed by atoms with Gasteiger partial charge in [-0.15, -0.1) is 0 Å². The largest absolute Gasteiger partial charge is 0.491 e. The van der Waals surface area contributed by atoms with Crippen molar-refractivity contribution in [3.63, 3.8) is 0 Å². The minimum Gasteiger partial charge on any atom is -0.491 e. The zero-order chi connectivity index (χ0) is 17.9. The van der Waals surface area contributed by atoms with E-state index in [-0.39, 0.29) is 5.91 Å². The number of likely N-dealkylation sites (tertiary alicyclic amines) is 1. The van der Waals surface area contributed by atoms with Gasteiger partial charge in [0.15, 0.2) is 0 Å². The van der Waals surface area contributed by atoms with Crippen LogP contribution in [0.15, 0.2) is 30.0 Å². The molecule has 0 bridgehead atoms. The Morgan fingerprint density at radius 3 is 2.46 bits per heavy atom. The standard InChI is InChI=1S/C19H26N4O3/c1-14-17(26-12-11-25-14)18(24)23-10-5-16(13-23)15-3-8-22(9-4-15)19-20-6-2-7-21-19/h2,6-7,15-16H,3-5,8-13H2,1H3/t16-/m1/s1. The lowest BCUT2D eigenvalue weighted by Crippen LogP contribution is -2.38. The van der Waals surface area contributed by atoms with Gasteiger partial charge >= 0.3 is 0 Å². The monoisotopic (exact) mass is 358 g/mol. The van der Waals surface area contributed by atoms with Crippen LogP contribution in [0.2, 0.25) is 0 Å². The van der Waals surface area contributed by atoms with Gasteiger partial charge in [0.2, 0.25) is 11.7 Å². The molecule has 0 unspecified atom stereocenters. The molecule has 0 saturated carbocycles. The van der Waals surface area contributed by atoms with Crippen molar-refractivity contribution in [3.05, 3.63) is 30.0 Å². The number of ether oxygens (including phenoxy) is 2. The topological polar surface area (TPSA) is 67.8 Å². The third-order valence-electron chi connectivity index (χ3n) is 5.72. The van der Waals surface area contributed by atoms with Gasteiger partial charge in [-0.3, -0.25) is 4.79 Å². The molecule has 2 saturated heterocycles. The lowest BCUT2D eigenvalue weighted by Gasteiger charge is -2.34. The van der Waals surface area contributed by atoms with E-state index in [0.29, 0.717) is 36.6 Å². The highest BCUT2D eigenvalue weighted by atomic mass is 16.6. The Morgan fingerprint density at radius 1 is 1.04 bits per heavy atom. The molecule has 0 radical (unpaired) electrons. The molecular formula is C19H26N4O3. The summed E-state index contributed by atoms with van der Waals surface area (Å²) < 4.78 is 11.0. The van der Waals surface area contributed by atoms with Crippen molar-refractivity contribution in [1.82, 2.24) is 14.9 Å². The molecule has 140 valence electrons. The van der Waals surface area contributed by atoms with Gasteiger partial charge in [0.25, 0.3) is 5.91 Å². The lowest BCUT2D eigenvalue weighted by molar-refractivity contribution is -0.131. The molecule has 4 heterocycles. The Kier molecular flexibility index (Phi) is 4.95. The third-order valence-corrected chi connectivity index (χ3v) is 5.72. The Bertz CT molecular complexity index is 671. The molecule has 3 aliphatic rings. The van der Waals surface area contributed by atoms with E-state index in [1.165, 1.54) is 0 Å². The number of hydrogen-bond acceptors (Lipinski definition) is 6. The van der Waals surface area contributed by atoms with E-state index < -0.39 is 0 Å². The lowest BCUT2D eigenvalue weighted by atomic mass is 9.84. The molecule has 3 aliphatic heterocycles. The molecule has 0 aromatic carbocycles. The van der Waals surface area contributed by atoms with Crippen molar-refractivity contribution in [1.29, 1.82) is 0 Å². The van der Waals surface area contributed by atoms with Gasteiger partial charge in [0.05, 0.1) is 0 Å². The van der Waals surface area contributed by atoms with Gasteiger partial charge < -0.3 is 19.3 Å². The minimum absolute atomic E-state index is 0.0141. The summed E-state index contributed by atoms with van der Waals surface area (Å²) in [6, 6.07) is 1.85. The van der Waals surface area contributed by atoms with E-state index in [2.05, 4.69) is 14.9 Å². The molecular weight excluding hydrogens is 332 g/mol. The quantitative estimate of drug-likeness (QED) is 0.821. The maximum Gasteiger partial charge on any atom is 0.292 e. The van der Waals surface area contributed by atoms with E-state index in [9.17, 15) is 4.79 Å². The van der Waals surface area contributed by atoms with Crippen LogP contribution >= 0.6 is 0 Å². The summed E-state index contributed by atoms with van der Waals surface area (Å²) in [5.74, 6) is 3.05. The van der Waals surface area contributed by atoms with E-state index in [1.807, 2.05) is 11.0 Å². The molecule has 4 rings (SSSR count). The van der Waals surface area contributed by atoms with Crippen molar-refractivity contribution >= 4 is 11.9 Å². The molecule has 0 aliphatic carbocycles. The normalized spacial score (nSPS) is 24.4. The van der Waals surface area contributed by atoms with Crippen LogP contribution in [-0.4, -0.2) is 60.2 Å². The maximum atomic E-state index is 12.7. The SMILES string of the molecule is CC1=C(C(=O)N2CC[C@@H](C3CCN(c4ncccn4)CC3)C2)OCCO1. The van der Waals surface area contributed by atoms with Gasteiger partial charge in [0.1, 0.15) is 19.0 Å². The summed E-state index contributed by atoms with van der Waals surface area (Å²) in [5, 5.41) is 0. The van der Waals surface area contributed by atoms with Crippen LogP contribution in [-0.2, 0) is 14.3 Å². The average Bonchev–Trinajstić information content (AvgIpc) is 3.19. The number of allylic oxidation sites excluding steroid dienone is 1. The zero-order valence-electron chi connectivity index (χ0n) is 15.3. The number of piperidine rings is 1. The smallest absolute Gasteiger partial charge is 0.292 e. The summed E-state index contributed by atoms with van der Waals surface area (Å²) in [5.41, 5.74) is 0. The molecule has 0 spiro atoms. The molecule has 2 fully saturated rings. The maximum absolute atomic E-state index is 12.7. The van der Waals surface area contributed by atoms with Crippen molar-refractivity contribution < 1.29 is 14.3 Å². The van der Waals surface area contributed by atoms with E-state index in [0.717, 1.165) is 51.4 Å². The first-order valence-electron chi connectivity index (χ1n) is 9.50. The van der Waals surface area contributed by atoms with Crippen LogP contribution in [0.3, 0.4) is 0 Å². The average molecular weight is 358 g/mol. The molecule has 1 amide bonds. The predicted octanol–water partition coefficient (Wildman–Crippen LogP) is 1.82. The summed E-state index contributed by atoms with van der Waals surface area (Å²) >= 11 is 0. The molecule has 1 aromatic rings. The van der Waals surface area contributed by atoms with Gasteiger partial charge in [-0.2, -0.15) is 0 Å². The third kappa shape index (κ3) is 3.48. The number of aromatic nitrogens is 2. The van der Waals surface area contributed by atoms with Crippen molar-refractivity contribution in [2.75, 3.05) is 44.3 Å². The van der Waals surface area contributed by atoms with E-state index in [4.69, 9.17) is 9.47 Å². The number of hydrogen-bond donors (Lipinski definition) is 0. The highest BCUT2D eigenvalue weighted by molar-refractivity contribution is 5.92. The molecule has 7 nitrogen and oxygen atoms in total. The summed E-state index contributed by atoms with van der Waals surface area (Å²) in [6.45, 7) is 6.39. The van der Waals surface area contributed by atoms with Crippen LogP contribution in [0.25, 0.3) is 0 Å². The predicted molar refractivity (Wildman–Crippen MR) is 96.3 cm³/mol. The molecule has 26 heavy (non-hydrogen) atoms. The second kappa shape index (κ2) is 7.51. The van der Waals surface area contributed by atoms with Gasteiger partial charge in [-0.25, -0.2) is 9.97 Å². The van der Waals surface area contributed by atoms with E-state index in [1.54, 1.807) is 19.3 Å². The minimum atomic E-state index is -0.0141. The number of nitrogens with zero attached hydrogens (tertiary/aromatic N) is 4. The fraction of sp³-hybridized carbons (Fsp3) is 0.632. The first kappa shape index (κ1) is 17.1. The summed E-state index contributed by atoms with van der Waals surface area (Å²) in [7, 11) is 0. The Hall–Kier alpha value is -2.31. The second-order valence-corrected chi connectivity index (χ2v) is 7.26. The van der Waals surface area contributed by atoms with Crippen LogP contribution < -0.4 is 4.90 Å². The molecule has 7 heteroatoms. The molecule has 0 N–H and O–H groups in total. The first-order chi connectivity index (χ1) is 12.7. The first-order valence-corrected chi connectivity index (χ1v) is 9.50. The van der Waals surface area contributed by atoms with Gasteiger partial charge in [-0.05, 0) is 44.1 Å². The number of carbonyl (C=O) groups excluding carboxylic acids is 1.